The van der Waals surface area contributed by atoms with Gasteiger partial charge in [-0.2, -0.15) is 4.98 Å². The van der Waals surface area contributed by atoms with Crippen molar-refractivity contribution in [3.8, 4) is 0 Å². The Bertz CT molecular complexity index is 627. The zero-order chi connectivity index (χ0) is 15.0. The Labute approximate surface area is 121 Å². The number of aliphatic hydroxyl groups excluding tert-OH is 3. The number of hydrogen-bond donors (Lipinski definition) is 5. The zero-order valence-corrected chi connectivity index (χ0v) is 11.4. The van der Waals surface area contributed by atoms with Gasteiger partial charge >= 0.3 is 0 Å². The summed E-state index contributed by atoms with van der Waals surface area (Å²) >= 11 is -1.84. The lowest BCUT2D eigenvalue weighted by atomic mass is 10.1. The van der Waals surface area contributed by atoms with Gasteiger partial charge in [-0.3, -0.25) is 0 Å². The average molecular weight is 315 g/mol. The van der Waals surface area contributed by atoms with Gasteiger partial charge in [0.05, 0.1) is 12.9 Å². The van der Waals surface area contributed by atoms with E-state index in [1.807, 2.05) is 0 Å². The highest BCUT2D eigenvalue weighted by atomic mass is 32.2. The highest BCUT2D eigenvalue weighted by molar-refractivity contribution is 7.89. The van der Waals surface area contributed by atoms with Gasteiger partial charge in [0.15, 0.2) is 17.4 Å². The fourth-order valence-corrected chi connectivity index (χ4v) is 3.02. The number of ether oxygens (including phenoxy) is 1. The van der Waals surface area contributed by atoms with Crippen LogP contribution in [0.3, 0.4) is 0 Å². The Balaban J connectivity index is 1.78. The van der Waals surface area contributed by atoms with Gasteiger partial charge in [0.25, 0.3) is 5.03 Å². The molecule has 21 heavy (non-hydrogen) atoms. The minimum atomic E-state index is -1.84. The summed E-state index contributed by atoms with van der Waals surface area (Å²) in [5, 5.41) is 28.5. The molecule has 1 fully saturated rings. The van der Waals surface area contributed by atoms with Crippen LogP contribution in [0.1, 0.15) is 0 Å². The molecule has 2 aromatic heterocycles. The number of hydrogen-bond acceptors (Lipinski definition) is 9. The number of fused-ring (bicyclic) bond motifs is 1. The van der Waals surface area contributed by atoms with Crippen molar-refractivity contribution in [3.05, 3.63) is 12.7 Å². The first-order valence-electron chi connectivity index (χ1n) is 6.06. The second-order valence-corrected chi connectivity index (χ2v) is 5.58. The van der Waals surface area contributed by atoms with Crippen LogP contribution in [0.15, 0.2) is 17.7 Å². The maximum Gasteiger partial charge on any atom is 0.297 e. The summed E-state index contributed by atoms with van der Waals surface area (Å²) in [5.74, 6) is 0. The number of aromatic nitrogens is 4. The van der Waals surface area contributed by atoms with E-state index in [4.69, 9.17) is 9.84 Å². The first-order chi connectivity index (χ1) is 10.1. The van der Waals surface area contributed by atoms with E-state index in [0.29, 0.717) is 11.2 Å². The second kappa shape index (κ2) is 5.81. The lowest BCUT2D eigenvalue weighted by Crippen LogP contribution is -2.44. The highest BCUT2D eigenvalue weighted by Crippen LogP contribution is 2.22. The Morgan fingerprint density at radius 2 is 2.14 bits per heavy atom. The fourth-order valence-electron chi connectivity index (χ4n) is 2.04. The molecule has 11 heteroatoms. The van der Waals surface area contributed by atoms with Crippen LogP contribution in [0.5, 0.6) is 0 Å². The van der Waals surface area contributed by atoms with Gasteiger partial charge in [-0.25, -0.2) is 9.97 Å². The third-order valence-electron chi connectivity index (χ3n) is 3.12. The van der Waals surface area contributed by atoms with Crippen LogP contribution in [-0.2, 0) is 16.1 Å². The lowest BCUT2D eigenvalue weighted by molar-refractivity contribution is -0.0250. The molecular formula is C10H13N5O5S. The summed E-state index contributed by atoms with van der Waals surface area (Å²) in [6, 6.07) is 0. The molecule has 114 valence electrons. The van der Waals surface area contributed by atoms with E-state index in [1.165, 1.54) is 12.7 Å². The molecule has 1 saturated heterocycles. The van der Waals surface area contributed by atoms with E-state index in [2.05, 4.69) is 24.7 Å². The van der Waals surface area contributed by atoms with Crippen molar-refractivity contribution in [2.24, 2.45) is 0 Å². The molecule has 0 aromatic carbocycles. The maximum absolute atomic E-state index is 12.3. The highest BCUT2D eigenvalue weighted by Gasteiger charge is 2.45. The SMILES string of the molecule is [O-][S+](NC1O[C@H](CO)[C@@H](O)[C@H]1O)c1ncnc2[nH]cnc12. The van der Waals surface area contributed by atoms with E-state index in [1.54, 1.807) is 0 Å². The minimum absolute atomic E-state index is 0.124. The zero-order valence-electron chi connectivity index (χ0n) is 10.6. The predicted molar refractivity (Wildman–Crippen MR) is 69.0 cm³/mol. The van der Waals surface area contributed by atoms with Crippen molar-refractivity contribution in [3.63, 3.8) is 0 Å². The van der Waals surface area contributed by atoms with Crippen molar-refractivity contribution in [1.29, 1.82) is 0 Å². The van der Waals surface area contributed by atoms with Crippen LogP contribution in [0.4, 0.5) is 0 Å². The first kappa shape index (κ1) is 14.6. The molecule has 0 saturated carbocycles. The normalized spacial score (nSPS) is 30.9. The molecule has 1 aliphatic heterocycles. The molecule has 1 aliphatic rings. The molecule has 0 radical (unpaired) electrons. The molecule has 0 amide bonds. The van der Waals surface area contributed by atoms with E-state index in [-0.39, 0.29) is 5.03 Å². The standard InChI is InChI=1S/C10H13N5O5S/c16-1-4-6(17)7(18)9(20-4)15-21(19)10-5-8(12-2-11-5)13-3-14-10/h2-4,6-7,9,15-18H,1H2,(H,11,12,13,14)/t4-,6-,7-,9?,21?/m1/s1. The molecule has 3 heterocycles. The van der Waals surface area contributed by atoms with Crippen LogP contribution in [0, 0.1) is 0 Å². The Morgan fingerprint density at radius 3 is 2.86 bits per heavy atom. The van der Waals surface area contributed by atoms with Gasteiger partial charge in [-0.1, -0.05) is 0 Å². The molecule has 0 bridgehead atoms. The third kappa shape index (κ3) is 2.60. The van der Waals surface area contributed by atoms with Crippen molar-refractivity contribution in [2.75, 3.05) is 6.61 Å². The largest absolute Gasteiger partial charge is 0.592 e. The molecule has 0 aliphatic carbocycles. The van der Waals surface area contributed by atoms with Crippen LogP contribution < -0.4 is 4.72 Å². The number of aliphatic hydroxyl groups is 3. The number of H-pyrrole nitrogens is 1. The molecule has 2 unspecified atom stereocenters. The summed E-state index contributed by atoms with van der Waals surface area (Å²) in [5.41, 5.74) is 0.756. The summed E-state index contributed by atoms with van der Waals surface area (Å²) in [6.45, 7) is -0.458. The van der Waals surface area contributed by atoms with Crippen LogP contribution in [0.2, 0.25) is 0 Å². The average Bonchev–Trinajstić information content (AvgIpc) is 3.06. The van der Waals surface area contributed by atoms with Crippen LogP contribution in [0.25, 0.3) is 11.2 Å². The van der Waals surface area contributed by atoms with Gasteiger partial charge in [0.1, 0.15) is 36.0 Å². The molecule has 5 atom stereocenters. The van der Waals surface area contributed by atoms with Crippen molar-refractivity contribution >= 4 is 22.5 Å². The Morgan fingerprint density at radius 1 is 1.33 bits per heavy atom. The first-order valence-corrected chi connectivity index (χ1v) is 7.21. The van der Waals surface area contributed by atoms with Gasteiger partial charge < -0.3 is 29.6 Å². The number of imidazole rings is 1. The number of nitrogens with one attached hydrogen (secondary N) is 2. The molecular weight excluding hydrogens is 302 g/mol. The molecule has 2 aromatic rings. The summed E-state index contributed by atoms with van der Waals surface area (Å²) in [7, 11) is 0. The van der Waals surface area contributed by atoms with Gasteiger partial charge in [-0.15, -0.1) is 4.72 Å². The second-order valence-electron chi connectivity index (χ2n) is 4.42. The number of rotatable bonds is 4. The van der Waals surface area contributed by atoms with Gasteiger partial charge in [0.2, 0.25) is 0 Å². The molecule has 0 spiro atoms. The van der Waals surface area contributed by atoms with E-state index in [0.717, 1.165) is 0 Å². The summed E-state index contributed by atoms with van der Waals surface area (Å²) in [4.78, 5) is 14.6. The maximum atomic E-state index is 12.3. The molecule has 10 nitrogen and oxygen atoms in total. The molecule has 3 rings (SSSR count). The van der Waals surface area contributed by atoms with Gasteiger partial charge in [0, 0.05) is 0 Å². The smallest absolute Gasteiger partial charge is 0.297 e. The van der Waals surface area contributed by atoms with Crippen LogP contribution >= 0.6 is 0 Å². The quantitative estimate of drug-likeness (QED) is 0.301. The van der Waals surface area contributed by atoms with Crippen LogP contribution in [-0.4, -0.2) is 71.0 Å². The van der Waals surface area contributed by atoms with Crippen molar-refractivity contribution < 1.29 is 24.6 Å². The fraction of sp³-hybridized carbons (Fsp3) is 0.500. The predicted octanol–water partition coefficient (Wildman–Crippen LogP) is -2.60. The summed E-state index contributed by atoms with van der Waals surface area (Å²) < 4.78 is 20.0. The van der Waals surface area contributed by atoms with E-state index in [9.17, 15) is 14.8 Å². The van der Waals surface area contributed by atoms with E-state index >= 15 is 0 Å². The molecule has 5 N–H and O–H groups in total. The Hall–Kier alpha value is -1.34. The summed E-state index contributed by atoms with van der Waals surface area (Å²) in [6.07, 6.45) is -1.99. The lowest BCUT2D eigenvalue weighted by Gasteiger charge is -2.17. The third-order valence-corrected chi connectivity index (χ3v) is 4.22. The van der Waals surface area contributed by atoms with Crippen molar-refractivity contribution in [1.82, 2.24) is 24.7 Å². The van der Waals surface area contributed by atoms with Gasteiger partial charge in [-0.05, 0) is 0 Å². The minimum Gasteiger partial charge on any atom is -0.592 e. The number of aromatic amines is 1. The van der Waals surface area contributed by atoms with Crippen molar-refractivity contribution in [2.45, 2.75) is 29.6 Å². The van der Waals surface area contributed by atoms with E-state index < -0.39 is 42.5 Å². The topological polar surface area (TPSA) is 159 Å². The Kier molecular flexibility index (Phi) is 4.03. The number of nitrogens with zero attached hydrogens (tertiary/aromatic N) is 3. The monoisotopic (exact) mass is 315 g/mol.